The molecule has 12 N–H and O–H groups in total. The summed E-state index contributed by atoms with van der Waals surface area (Å²) < 4.78 is 0. The van der Waals surface area contributed by atoms with E-state index in [1.807, 2.05) is 0 Å². The molecule has 0 aromatic heterocycles. The fourth-order valence-electron chi connectivity index (χ4n) is 0.136. The van der Waals surface area contributed by atoms with Crippen molar-refractivity contribution in [1.29, 1.82) is 0 Å². The molecular weight excluding hydrogens is 264 g/mol. The van der Waals surface area contributed by atoms with Crippen molar-refractivity contribution < 1.29 is 69.7 Å². The Labute approximate surface area is 94.5 Å². The first-order chi connectivity index (χ1) is 3.63. The normalized spacial score (nSPS) is 5.07. The van der Waals surface area contributed by atoms with Crippen molar-refractivity contribution in [3.05, 3.63) is 12.2 Å². The molecule has 10 nitrogen and oxygen atoms in total. The molecule has 0 aromatic carbocycles. The predicted octanol–water partition coefficient (Wildman–Crippen LogP) is -7.91. The number of carbonyl (C=O) groups is 2. The van der Waals surface area contributed by atoms with Gasteiger partial charge >= 0.3 is 17.1 Å². The summed E-state index contributed by atoms with van der Waals surface area (Å²) in [5, 5.41) is 18.8. The van der Waals surface area contributed by atoms with Crippen LogP contribution in [0.2, 0.25) is 0 Å². The van der Waals surface area contributed by atoms with Gasteiger partial charge in [0.1, 0.15) is 0 Å². The molecule has 0 unspecified atom stereocenters. The van der Waals surface area contributed by atoms with Crippen molar-refractivity contribution in [3.63, 3.8) is 0 Å². The summed E-state index contributed by atoms with van der Waals surface area (Å²) in [5.74, 6) is -3.09. The second kappa shape index (κ2) is 38.3. The van der Waals surface area contributed by atoms with E-state index in [2.05, 4.69) is 0 Å². The summed E-state index contributed by atoms with van der Waals surface area (Å²) in [5.41, 5.74) is 0. The van der Waals surface area contributed by atoms with E-state index in [9.17, 15) is 19.8 Å². The Morgan fingerprint density at radius 2 is 0.800 bits per heavy atom. The molecule has 98 valence electrons. The van der Waals surface area contributed by atoms with Crippen molar-refractivity contribution in [1.82, 2.24) is 0 Å². The largest absolute Gasteiger partial charge is 2.00 e. The van der Waals surface area contributed by atoms with E-state index in [-0.39, 0.29) is 49.9 Å². The van der Waals surface area contributed by atoms with Crippen LogP contribution in [0.4, 0.5) is 0 Å². The molecule has 0 aliphatic carbocycles. The quantitative estimate of drug-likeness (QED) is 0.351. The maximum Gasteiger partial charge on any atom is 2.00 e. The fraction of sp³-hybridized carbons (Fsp3) is 0. The van der Waals surface area contributed by atoms with E-state index < -0.39 is 11.9 Å². The van der Waals surface area contributed by atoms with E-state index in [0.29, 0.717) is 12.2 Å². The van der Waals surface area contributed by atoms with Crippen LogP contribution in [0.3, 0.4) is 0 Å². The van der Waals surface area contributed by atoms with Gasteiger partial charge in [-0.25, -0.2) is 0 Å². The van der Waals surface area contributed by atoms with E-state index in [0.717, 1.165) is 0 Å². The van der Waals surface area contributed by atoms with Crippen molar-refractivity contribution in [2.75, 3.05) is 0 Å². The molecule has 0 spiro atoms. The van der Waals surface area contributed by atoms with Crippen molar-refractivity contribution in [3.8, 4) is 0 Å². The van der Waals surface area contributed by atoms with Crippen LogP contribution in [-0.2, 0) is 26.7 Å². The third-order valence-electron chi connectivity index (χ3n) is 0.355. The summed E-state index contributed by atoms with van der Waals surface area (Å²) >= 11 is 0. The van der Waals surface area contributed by atoms with Gasteiger partial charge in [0.15, 0.2) is 0 Å². The van der Waals surface area contributed by atoms with Gasteiger partial charge in [-0.1, -0.05) is 0 Å². The first-order valence-electron chi connectivity index (χ1n) is 1.73. The summed E-state index contributed by atoms with van der Waals surface area (Å²) in [6, 6.07) is 0. The van der Waals surface area contributed by atoms with Crippen LogP contribution in [0.15, 0.2) is 12.2 Å². The number of rotatable bonds is 2. The second-order valence-electron chi connectivity index (χ2n) is 0.971. The number of carboxylic acids is 2. The molecule has 0 amide bonds. The number of hydrogen-bond donors (Lipinski definition) is 0. The molecule has 0 bridgehead atoms. The van der Waals surface area contributed by atoms with Gasteiger partial charge in [-0.3, -0.25) is 0 Å². The Hall–Kier alpha value is -1.04. The smallest absolute Gasteiger partial charge is 0.545 e. The summed E-state index contributed by atoms with van der Waals surface area (Å²) in [6.45, 7) is 0. The number of hydrogen-bond acceptors (Lipinski definition) is 4. The molecule has 0 saturated heterocycles. The van der Waals surface area contributed by atoms with Gasteiger partial charge < -0.3 is 52.7 Å². The Kier molecular flexibility index (Phi) is 168. The van der Waals surface area contributed by atoms with Gasteiger partial charge in [-0.2, -0.15) is 0 Å². The SMILES string of the molecule is O.O.O.O.O.O.O=C([O-])C=CC(=O)[O-].[Fe+2]. The first kappa shape index (κ1) is 66.0. The van der Waals surface area contributed by atoms with Crippen LogP contribution in [0, 0.1) is 0 Å². The maximum absolute atomic E-state index is 9.41. The number of aliphatic carboxylic acids is 2. The zero-order valence-electron chi connectivity index (χ0n) is 7.14. The summed E-state index contributed by atoms with van der Waals surface area (Å²) in [7, 11) is 0. The average molecular weight is 278 g/mol. The van der Waals surface area contributed by atoms with Gasteiger partial charge in [-0.15, -0.1) is 0 Å². The predicted molar refractivity (Wildman–Crippen MR) is 40.8 cm³/mol. The maximum atomic E-state index is 9.41. The minimum Gasteiger partial charge on any atom is -0.545 e. The van der Waals surface area contributed by atoms with Crippen LogP contribution in [0.1, 0.15) is 0 Å². The molecule has 0 aromatic rings. The zero-order chi connectivity index (χ0) is 6.57. The molecule has 0 atom stereocenters. The van der Waals surface area contributed by atoms with Crippen LogP contribution < -0.4 is 10.2 Å². The van der Waals surface area contributed by atoms with Crippen molar-refractivity contribution >= 4 is 11.9 Å². The van der Waals surface area contributed by atoms with Gasteiger partial charge in [0.2, 0.25) is 0 Å². The van der Waals surface area contributed by atoms with Gasteiger partial charge in [-0.05, 0) is 12.2 Å². The molecule has 0 radical (unpaired) electrons. The molecule has 0 aliphatic heterocycles. The molecule has 0 heterocycles. The molecule has 0 aliphatic rings. The molecular formula is C4H14FeO10. The van der Waals surface area contributed by atoms with Crippen LogP contribution >= 0.6 is 0 Å². The molecule has 0 rings (SSSR count). The van der Waals surface area contributed by atoms with Gasteiger partial charge in [0.05, 0.1) is 11.9 Å². The summed E-state index contributed by atoms with van der Waals surface area (Å²) in [4.78, 5) is 18.8. The number of carboxylic acid groups (broad SMARTS) is 2. The van der Waals surface area contributed by atoms with Crippen molar-refractivity contribution in [2.24, 2.45) is 0 Å². The Morgan fingerprint density at radius 1 is 0.667 bits per heavy atom. The molecule has 0 saturated carbocycles. The Balaban J connectivity index is -0.0000000117. The minimum absolute atomic E-state index is 0. The van der Waals surface area contributed by atoms with E-state index in [1.165, 1.54) is 0 Å². The molecule has 15 heavy (non-hydrogen) atoms. The van der Waals surface area contributed by atoms with E-state index in [4.69, 9.17) is 0 Å². The molecule has 11 heteroatoms. The van der Waals surface area contributed by atoms with Crippen molar-refractivity contribution in [2.45, 2.75) is 0 Å². The third kappa shape index (κ3) is 99.3. The van der Waals surface area contributed by atoms with Crippen LogP contribution in [0.5, 0.6) is 0 Å². The van der Waals surface area contributed by atoms with Gasteiger partial charge in [0, 0.05) is 0 Å². The average Bonchev–Trinajstić information content (AvgIpc) is 1.61. The third-order valence-corrected chi connectivity index (χ3v) is 0.355. The molecule has 0 fully saturated rings. The van der Waals surface area contributed by atoms with E-state index in [1.54, 1.807) is 0 Å². The second-order valence-corrected chi connectivity index (χ2v) is 0.971. The number of carbonyl (C=O) groups excluding carboxylic acids is 2. The van der Waals surface area contributed by atoms with Crippen LogP contribution in [0.25, 0.3) is 0 Å². The first-order valence-corrected chi connectivity index (χ1v) is 1.73. The fourth-order valence-corrected chi connectivity index (χ4v) is 0.136. The summed E-state index contributed by atoms with van der Waals surface area (Å²) in [6.07, 6.45) is 0.769. The topological polar surface area (TPSA) is 269 Å². The zero-order valence-corrected chi connectivity index (χ0v) is 8.25. The minimum atomic E-state index is -1.55. The van der Waals surface area contributed by atoms with Crippen LogP contribution in [-0.4, -0.2) is 44.8 Å². The van der Waals surface area contributed by atoms with Gasteiger partial charge in [0.25, 0.3) is 0 Å². The Bertz CT molecular complexity index is 128. The van der Waals surface area contributed by atoms with E-state index >= 15 is 0 Å². The monoisotopic (exact) mass is 278 g/mol. The standard InChI is InChI=1S/C4H4O4.Fe.6H2O/c5-3(6)1-2-4(7)8;;;;;;;/h1-2H,(H,5,6)(H,7,8);;6*1H2/q;+2;;;;;;/p-2. The Morgan fingerprint density at radius 3 is 0.867 bits per heavy atom.